The predicted octanol–water partition coefficient (Wildman–Crippen LogP) is 7.22. The fourth-order valence-corrected chi connectivity index (χ4v) is 5.15. The Morgan fingerprint density at radius 2 is 1.33 bits per heavy atom. The van der Waals surface area contributed by atoms with Crippen LogP contribution in [-0.2, 0) is 12.0 Å². The molecule has 6 rings (SSSR count). The number of aliphatic hydroxyl groups excluding tert-OH is 1. The Kier molecular flexibility index (Phi) is 7.30. The zero-order valence-electron chi connectivity index (χ0n) is 22.5. The van der Waals surface area contributed by atoms with Crippen LogP contribution >= 0.6 is 0 Å². The number of carbonyl (C=O) groups excluding carboxylic acids is 1. The molecule has 6 aromatic rings. The third-order valence-electron chi connectivity index (χ3n) is 7.10. The lowest BCUT2D eigenvalue weighted by molar-refractivity contribution is 0.101. The van der Waals surface area contributed by atoms with E-state index in [-0.39, 0.29) is 17.4 Å². The fourth-order valence-electron chi connectivity index (χ4n) is 5.15. The Bertz CT molecular complexity index is 1730. The lowest BCUT2D eigenvalue weighted by Crippen LogP contribution is -2.38. The van der Waals surface area contributed by atoms with E-state index in [9.17, 15) is 14.3 Å². The predicted molar refractivity (Wildman–Crippen MR) is 157 cm³/mol. The van der Waals surface area contributed by atoms with Crippen LogP contribution in [0.5, 0.6) is 0 Å². The number of hydrogen-bond donors (Lipinski definition) is 1. The monoisotopic (exact) mass is 555 g/mol. The quantitative estimate of drug-likeness (QED) is 0.0882. The number of carbonyl (C=O) groups is 1. The molecule has 4 aromatic carbocycles. The number of allylic oxidation sites excluding steroid dienone is 1. The smallest absolute Gasteiger partial charge is 0.224 e. The molecule has 0 atom stereocenters. The molecule has 0 aliphatic heterocycles. The van der Waals surface area contributed by atoms with E-state index in [0.717, 1.165) is 28.3 Å². The van der Waals surface area contributed by atoms with Gasteiger partial charge in [-0.2, -0.15) is 0 Å². The molecule has 0 radical (unpaired) electrons. The van der Waals surface area contributed by atoms with Crippen molar-refractivity contribution in [2.24, 2.45) is 0 Å². The molecule has 7 heteroatoms. The van der Waals surface area contributed by atoms with Crippen molar-refractivity contribution in [2.45, 2.75) is 12.0 Å². The second-order valence-corrected chi connectivity index (χ2v) is 9.78. The van der Waals surface area contributed by atoms with E-state index in [0.29, 0.717) is 12.2 Å². The number of halogens is 1. The standard InChI is InChI=1S/C35H26FN3O3/c36-29-18-16-25(17-19-29)22-30-20-21-33(42-30)31(40)23-32(41)34-37-24-39(38-34)35(26-10-4-1-5-11-26,27-12-6-2-7-13-27)28-14-8-3-9-15-28/h1-21,23-24,41H,22H2/b32-23-. The Morgan fingerprint density at radius 1 is 0.786 bits per heavy atom. The maximum Gasteiger partial charge on any atom is 0.224 e. The number of benzene rings is 4. The van der Waals surface area contributed by atoms with Crippen LogP contribution in [0.2, 0.25) is 0 Å². The van der Waals surface area contributed by atoms with E-state index in [1.54, 1.807) is 35.3 Å². The van der Waals surface area contributed by atoms with E-state index >= 15 is 0 Å². The van der Waals surface area contributed by atoms with Gasteiger partial charge in [-0.3, -0.25) is 4.79 Å². The van der Waals surface area contributed by atoms with Gasteiger partial charge in [0.15, 0.2) is 11.5 Å². The molecule has 1 N–H and O–H groups in total. The van der Waals surface area contributed by atoms with Crippen molar-refractivity contribution in [3.8, 4) is 0 Å². The lowest BCUT2D eigenvalue weighted by Gasteiger charge is -2.35. The van der Waals surface area contributed by atoms with Gasteiger partial charge < -0.3 is 9.52 Å². The molecule has 2 aromatic heterocycles. The number of aliphatic hydroxyl groups is 1. The van der Waals surface area contributed by atoms with Crippen molar-refractivity contribution in [1.82, 2.24) is 14.8 Å². The third-order valence-corrected chi connectivity index (χ3v) is 7.10. The van der Waals surface area contributed by atoms with Gasteiger partial charge in [0.25, 0.3) is 0 Å². The highest BCUT2D eigenvalue weighted by atomic mass is 19.1. The topological polar surface area (TPSA) is 81.1 Å². The molecule has 206 valence electrons. The van der Waals surface area contributed by atoms with Crippen LogP contribution in [0.15, 0.2) is 144 Å². The average Bonchev–Trinajstić information content (AvgIpc) is 3.72. The van der Waals surface area contributed by atoms with Crippen molar-refractivity contribution in [3.63, 3.8) is 0 Å². The van der Waals surface area contributed by atoms with Crippen molar-refractivity contribution in [1.29, 1.82) is 0 Å². The minimum absolute atomic E-state index is 0.00592. The molecular formula is C35H26FN3O3. The number of aromatic nitrogens is 3. The van der Waals surface area contributed by atoms with E-state index in [2.05, 4.69) is 4.98 Å². The second-order valence-electron chi connectivity index (χ2n) is 9.78. The summed E-state index contributed by atoms with van der Waals surface area (Å²) in [5, 5.41) is 15.6. The molecule has 0 bridgehead atoms. The maximum absolute atomic E-state index is 13.2. The number of hydrogen-bond acceptors (Lipinski definition) is 5. The summed E-state index contributed by atoms with van der Waals surface area (Å²) in [4.78, 5) is 17.4. The highest BCUT2D eigenvalue weighted by Crippen LogP contribution is 2.40. The molecule has 6 nitrogen and oxygen atoms in total. The molecule has 0 aliphatic rings. The van der Waals surface area contributed by atoms with Crippen molar-refractivity contribution in [3.05, 3.63) is 185 Å². The molecule has 0 fully saturated rings. The maximum atomic E-state index is 13.2. The molecule has 0 spiro atoms. The number of rotatable bonds is 9. The second kappa shape index (κ2) is 11.5. The largest absolute Gasteiger partial charge is 0.504 e. The Morgan fingerprint density at radius 3 is 1.88 bits per heavy atom. The third kappa shape index (κ3) is 5.15. The molecule has 0 unspecified atom stereocenters. The van der Waals surface area contributed by atoms with E-state index < -0.39 is 17.1 Å². The summed E-state index contributed by atoms with van der Waals surface area (Å²) < 4.78 is 20.6. The van der Waals surface area contributed by atoms with Gasteiger partial charge in [-0.15, -0.1) is 5.10 Å². The van der Waals surface area contributed by atoms with Crippen LogP contribution in [0.3, 0.4) is 0 Å². The zero-order chi connectivity index (χ0) is 28.9. The summed E-state index contributed by atoms with van der Waals surface area (Å²) in [6.07, 6.45) is 3.01. The molecule has 2 heterocycles. The summed E-state index contributed by atoms with van der Waals surface area (Å²) in [6, 6.07) is 39.2. The van der Waals surface area contributed by atoms with Crippen molar-refractivity contribution in [2.75, 3.05) is 0 Å². The van der Waals surface area contributed by atoms with Crippen LogP contribution < -0.4 is 0 Å². The van der Waals surface area contributed by atoms with Crippen molar-refractivity contribution < 1.29 is 18.7 Å². The highest BCUT2D eigenvalue weighted by Gasteiger charge is 2.39. The fraction of sp³-hybridized carbons (Fsp3) is 0.0571. The number of ketones is 1. The average molecular weight is 556 g/mol. The zero-order valence-corrected chi connectivity index (χ0v) is 22.5. The highest BCUT2D eigenvalue weighted by molar-refractivity contribution is 6.05. The van der Waals surface area contributed by atoms with E-state index in [1.807, 2.05) is 91.0 Å². The first-order chi connectivity index (χ1) is 20.5. The van der Waals surface area contributed by atoms with E-state index in [4.69, 9.17) is 9.52 Å². The number of furan rings is 1. The van der Waals surface area contributed by atoms with Crippen LogP contribution in [0.1, 0.15) is 44.4 Å². The molecule has 0 amide bonds. The first-order valence-corrected chi connectivity index (χ1v) is 13.4. The minimum Gasteiger partial charge on any atom is -0.504 e. The number of nitrogens with zero attached hydrogens (tertiary/aromatic N) is 3. The Labute approximate surface area is 242 Å². The summed E-state index contributed by atoms with van der Waals surface area (Å²) >= 11 is 0. The van der Waals surface area contributed by atoms with Gasteiger partial charge in [0, 0.05) is 12.5 Å². The van der Waals surface area contributed by atoms with Crippen LogP contribution in [0.25, 0.3) is 5.76 Å². The van der Waals surface area contributed by atoms with E-state index in [1.165, 1.54) is 12.1 Å². The molecular weight excluding hydrogens is 529 g/mol. The van der Waals surface area contributed by atoms with Crippen LogP contribution in [-0.4, -0.2) is 25.7 Å². The van der Waals surface area contributed by atoms with Gasteiger partial charge in [0.1, 0.15) is 23.4 Å². The summed E-state index contributed by atoms with van der Waals surface area (Å²) in [7, 11) is 0. The molecule has 42 heavy (non-hydrogen) atoms. The molecule has 0 aliphatic carbocycles. The summed E-state index contributed by atoms with van der Waals surface area (Å²) in [6.45, 7) is 0. The Hall–Kier alpha value is -5.56. The van der Waals surface area contributed by atoms with Gasteiger partial charge in [-0.05, 0) is 46.5 Å². The first kappa shape index (κ1) is 26.7. The van der Waals surface area contributed by atoms with Gasteiger partial charge in [-0.25, -0.2) is 14.1 Å². The Balaban J connectivity index is 1.35. The normalized spacial score (nSPS) is 11.9. The first-order valence-electron chi connectivity index (χ1n) is 13.4. The summed E-state index contributed by atoms with van der Waals surface area (Å²) in [5.41, 5.74) is 2.78. The molecule has 0 saturated carbocycles. The minimum atomic E-state index is -0.907. The van der Waals surface area contributed by atoms with Crippen molar-refractivity contribution >= 4 is 11.5 Å². The van der Waals surface area contributed by atoms with Crippen LogP contribution in [0, 0.1) is 5.82 Å². The van der Waals surface area contributed by atoms with Gasteiger partial charge in [0.2, 0.25) is 11.6 Å². The summed E-state index contributed by atoms with van der Waals surface area (Å²) in [5.74, 6) is -0.648. The van der Waals surface area contributed by atoms with Gasteiger partial charge >= 0.3 is 0 Å². The molecule has 0 saturated heterocycles. The van der Waals surface area contributed by atoms with Gasteiger partial charge in [-0.1, -0.05) is 103 Å². The van der Waals surface area contributed by atoms with Gasteiger partial charge in [0.05, 0.1) is 0 Å². The lowest BCUT2D eigenvalue weighted by atomic mass is 9.77. The van der Waals surface area contributed by atoms with Crippen LogP contribution in [0.4, 0.5) is 4.39 Å². The SMILES string of the molecule is O=C(/C=C(\O)c1ncn(C(c2ccccc2)(c2ccccc2)c2ccccc2)n1)c1ccc(Cc2ccc(F)cc2)o1.